The number of amides is 2. The Hall–Kier alpha value is -5.27. The number of fused-ring (bicyclic) bond motifs is 3. The van der Waals surface area contributed by atoms with Crippen molar-refractivity contribution in [2.75, 3.05) is 66.5 Å². The summed E-state index contributed by atoms with van der Waals surface area (Å²) in [5.41, 5.74) is 7.54. The molecule has 13 heteroatoms. The van der Waals surface area contributed by atoms with Crippen LogP contribution in [0.15, 0.2) is 60.2 Å². The van der Waals surface area contributed by atoms with Crippen molar-refractivity contribution in [3.8, 4) is 11.3 Å². The highest BCUT2D eigenvalue weighted by atomic mass is 16.5. The van der Waals surface area contributed by atoms with Crippen LogP contribution in [0.1, 0.15) is 48.1 Å². The van der Waals surface area contributed by atoms with Crippen molar-refractivity contribution in [3.05, 3.63) is 88.2 Å². The minimum Gasteiger partial charge on any atom is -0.378 e. The second-order valence-corrected chi connectivity index (χ2v) is 16.0. The molecule has 2 fully saturated rings. The van der Waals surface area contributed by atoms with E-state index in [1.165, 1.54) is 21.9 Å². The summed E-state index contributed by atoms with van der Waals surface area (Å²) in [5.74, 6) is 0.431. The summed E-state index contributed by atoms with van der Waals surface area (Å²) >= 11 is 0. The van der Waals surface area contributed by atoms with E-state index >= 15 is 0 Å². The second kappa shape index (κ2) is 13.5. The van der Waals surface area contributed by atoms with Gasteiger partial charge in [0, 0.05) is 87.8 Å². The molecule has 0 radical (unpaired) electrons. The smallest absolute Gasteiger partial charge is 0.293 e. The van der Waals surface area contributed by atoms with Crippen LogP contribution in [0.3, 0.4) is 0 Å². The lowest BCUT2D eigenvalue weighted by molar-refractivity contribution is -0.113. The van der Waals surface area contributed by atoms with Crippen molar-refractivity contribution in [2.45, 2.75) is 59.2 Å². The van der Waals surface area contributed by atoms with Crippen LogP contribution in [0.5, 0.6) is 0 Å². The summed E-state index contributed by atoms with van der Waals surface area (Å²) in [6.45, 7) is 17.8. The molecule has 1 atom stereocenters. The quantitative estimate of drug-likeness (QED) is 0.261. The van der Waals surface area contributed by atoms with Crippen molar-refractivity contribution < 1.29 is 14.3 Å². The Morgan fingerprint density at radius 3 is 2.61 bits per heavy atom. The van der Waals surface area contributed by atoms with Crippen LogP contribution >= 0.6 is 0 Å². The fourth-order valence-corrected chi connectivity index (χ4v) is 8.62. The number of piperazine rings is 1. The number of aryl methyl sites for hydroxylation is 1. The molecule has 3 aliphatic heterocycles. The number of aromatic nitrogens is 4. The summed E-state index contributed by atoms with van der Waals surface area (Å²) < 4.78 is 9.14. The van der Waals surface area contributed by atoms with Crippen molar-refractivity contribution in [1.29, 1.82) is 0 Å². The molecule has 0 unspecified atom stereocenters. The average molecular weight is 732 g/mol. The van der Waals surface area contributed by atoms with Gasteiger partial charge >= 0.3 is 0 Å². The molecule has 3 aromatic heterocycles. The SMILES string of the molecule is C=CC(=O)N(C)c1cc(Nc2nc(-c3ccnc(N4CCn5c(cc6c5CC(C)(C)C6)C4=O)c3C)cn(C)c2=O)ccc1N1CCN(C2COC2)C[C@@H]1C. The number of anilines is 5. The largest absolute Gasteiger partial charge is 0.378 e. The number of pyridine rings is 1. The normalized spacial score (nSPS) is 19.7. The van der Waals surface area contributed by atoms with E-state index in [2.05, 4.69) is 58.1 Å². The van der Waals surface area contributed by atoms with Gasteiger partial charge in [-0.15, -0.1) is 0 Å². The highest BCUT2D eigenvalue weighted by molar-refractivity contribution is 6.06. The molecular weight excluding hydrogens is 683 g/mol. The molecule has 282 valence electrons. The molecule has 2 amide bonds. The van der Waals surface area contributed by atoms with E-state index in [4.69, 9.17) is 9.72 Å². The number of benzene rings is 1. The fourth-order valence-electron chi connectivity index (χ4n) is 8.62. The minimum absolute atomic E-state index is 0.0552. The Kier molecular flexibility index (Phi) is 8.96. The molecular formula is C41H49N9O4. The van der Waals surface area contributed by atoms with Crippen LogP contribution in [0.25, 0.3) is 11.3 Å². The van der Waals surface area contributed by atoms with Gasteiger partial charge in [0.05, 0.1) is 36.3 Å². The average Bonchev–Trinajstić information content (AvgIpc) is 3.61. The molecule has 8 rings (SSSR count). The van der Waals surface area contributed by atoms with E-state index in [9.17, 15) is 14.4 Å². The summed E-state index contributed by atoms with van der Waals surface area (Å²) in [4.78, 5) is 58.1. The van der Waals surface area contributed by atoms with E-state index < -0.39 is 0 Å². The first-order valence-corrected chi connectivity index (χ1v) is 18.8. The van der Waals surface area contributed by atoms with Gasteiger partial charge in [0.15, 0.2) is 5.82 Å². The van der Waals surface area contributed by atoms with Gasteiger partial charge in [0.1, 0.15) is 11.5 Å². The Morgan fingerprint density at radius 1 is 1.09 bits per heavy atom. The number of rotatable bonds is 8. The molecule has 0 bridgehead atoms. The Morgan fingerprint density at radius 2 is 1.89 bits per heavy atom. The number of carbonyl (C=O) groups excluding carboxylic acids is 2. The first kappa shape index (κ1) is 35.7. The molecule has 54 heavy (non-hydrogen) atoms. The van der Waals surface area contributed by atoms with Gasteiger partial charge in [0.25, 0.3) is 11.5 Å². The number of nitrogens with zero attached hydrogens (tertiary/aromatic N) is 8. The maximum atomic E-state index is 13.9. The molecule has 0 spiro atoms. The third-order valence-corrected chi connectivity index (χ3v) is 11.6. The third-order valence-electron chi connectivity index (χ3n) is 11.6. The van der Waals surface area contributed by atoms with E-state index in [0.29, 0.717) is 47.7 Å². The highest BCUT2D eigenvalue weighted by Crippen LogP contribution is 2.40. The Bertz CT molecular complexity index is 2240. The van der Waals surface area contributed by atoms with Gasteiger partial charge in [-0.25, -0.2) is 9.97 Å². The monoisotopic (exact) mass is 731 g/mol. The summed E-state index contributed by atoms with van der Waals surface area (Å²) in [5, 5.41) is 3.26. The molecule has 1 N–H and O–H groups in total. The van der Waals surface area contributed by atoms with Crippen LogP contribution in [0.4, 0.5) is 28.7 Å². The molecule has 0 saturated carbocycles. The second-order valence-electron chi connectivity index (χ2n) is 16.0. The minimum atomic E-state index is -0.306. The van der Waals surface area contributed by atoms with Gasteiger partial charge < -0.3 is 29.0 Å². The zero-order chi connectivity index (χ0) is 38.1. The molecule has 4 aromatic rings. The van der Waals surface area contributed by atoms with Crippen molar-refractivity contribution in [3.63, 3.8) is 0 Å². The number of nitrogens with one attached hydrogen (secondary N) is 1. The maximum Gasteiger partial charge on any atom is 0.293 e. The first-order valence-electron chi connectivity index (χ1n) is 18.8. The number of ether oxygens (including phenoxy) is 1. The number of carbonyl (C=O) groups is 2. The molecule has 1 aromatic carbocycles. The lowest BCUT2D eigenvalue weighted by Gasteiger charge is -2.47. The lowest BCUT2D eigenvalue weighted by atomic mass is 9.90. The molecule has 2 saturated heterocycles. The van der Waals surface area contributed by atoms with Gasteiger partial charge in [-0.3, -0.25) is 24.2 Å². The van der Waals surface area contributed by atoms with Crippen LogP contribution in [-0.4, -0.2) is 94.3 Å². The fraction of sp³-hybridized carbons (Fsp3) is 0.439. The van der Waals surface area contributed by atoms with Gasteiger partial charge in [-0.2, -0.15) is 0 Å². The van der Waals surface area contributed by atoms with Crippen LogP contribution < -0.4 is 25.6 Å². The predicted molar refractivity (Wildman–Crippen MR) is 211 cm³/mol. The lowest BCUT2D eigenvalue weighted by Crippen LogP contribution is -2.59. The van der Waals surface area contributed by atoms with Crippen molar-refractivity contribution >= 4 is 40.5 Å². The van der Waals surface area contributed by atoms with E-state index in [0.717, 1.165) is 62.5 Å². The van der Waals surface area contributed by atoms with E-state index in [-0.39, 0.29) is 34.6 Å². The van der Waals surface area contributed by atoms with E-state index in [1.54, 1.807) is 36.3 Å². The predicted octanol–water partition coefficient (Wildman–Crippen LogP) is 4.54. The van der Waals surface area contributed by atoms with Gasteiger partial charge in [-0.1, -0.05) is 20.4 Å². The summed E-state index contributed by atoms with van der Waals surface area (Å²) in [7, 11) is 3.43. The van der Waals surface area contributed by atoms with Crippen molar-refractivity contribution in [2.24, 2.45) is 12.5 Å². The highest BCUT2D eigenvalue weighted by Gasteiger charge is 2.38. The topological polar surface area (TPSA) is 121 Å². The standard InChI is InChI=1S/C41H49N9O4/c1-8-36(51)46(7)33-18-28(9-10-32(33)48-14-13-47(21-25(48)2)29-23-54-24-29)43-37-40(53)45(6)22-31(44-37)30-11-12-42-38(26(30)3)50-16-15-49-34(39(50)52)17-27-19-41(4,5)20-35(27)49/h8-12,17-18,22,25,29H,1,13-16,19-21,23-24H2,2-7H3,(H,43,44)/t25-/m0/s1. The van der Waals surface area contributed by atoms with E-state index in [1.807, 2.05) is 31.2 Å². The van der Waals surface area contributed by atoms with Crippen LogP contribution in [0.2, 0.25) is 0 Å². The summed E-state index contributed by atoms with van der Waals surface area (Å²) in [6, 6.07) is 10.4. The number of likely N-dealkylation sites (N-methyl/N-ethyl adjacent to an activating group) is 1. The van der Waals surface area contributed by atoms with Gasteiger partial charge in [-0.05, 0) is 74.1 Å². The van der Waals surface area contributed by atoms with Crippen molar-refractivity contribution in [1.82, 2.24) is 24.0 Å². The van der Waals surface area contributed by atoms with Crippen LogP contribution in [-0.2, 0) is 36.0 Å². The Labute approximate surface area is 315 Å². The third kappa shape index (κ3) is 6.18. The summed E-state index contributed by atoms with van der Waals surface area (Å²) in [6.07, 6.45) is 6.64. The number of hydrogen-bond donors (Lipinski definition) is 1. The first-order chi connectivity index (χ1) is 25.8. The number of hydrogen-bond acceptors (Lipinski definition) is 9. The molecule has 13 nitrogen and oxygen atoms in total. The van der Waals surface area contributed by atoms with Crippen LogP contribution in [0, 0.1) is 12.3 Å². The molecule has 4 aliphatic rings. The molecule has 1 aliphatic carbocycles. The zero-order valence-corrected chi connectivity index (χ0v) is 32.1. The van der Waals surface area contributed by atoms with Gasteiger partial charge in [0.2, 0.25) is 5.91 Å². The Balaban J connectivity index is 1.08. The molecule has 6 heterocycles. The zero-order valence-electron chi connectivity index (χ0n) is 32.1. The maximum absolute atomic E-state index is 13.9.